The van der Waals surface area contributed by atoms with Gasteiger partial charge in [-0.15, -0.1) is 0 Å². The Morgan fingerprint density at radius 3 is 2.46 bits per heavy atom. The Hall–Kier alpha value is -3.21. The molecule has 0 saturated carbocycles. The van der Waals surface area contributed by atoms with Gasteiger partial charge >= 0.3 is 6.16 Å². The van der Waals surface area contributed by atoms with E-state index in [2.05, 4.69) is 9.72 Å². The van der Waals surface area contributed by atoms with Gasteiger partial charge < -0.3 is 14.2 Å². The number of ether oxygens (including phenoxy) is 3. The number of hydrogen-bond acceptors (Lipinski definition) is 8. The summed E-state index contributed by atoms with van der Waals surface area (Å²) in [5.41, 5.74) is -0.0563. The van der Waals surface area contributed by atoms with E-state index < -0.39 is 33.7 Å². The minimum absolute atomic E-state index is 0.0563. The van der Waals surface area contributed by atoms with Crippen molar-refractivity contribution in [2.75, 3.05) is 19.0 Å². The number of carbonyl (C=O) groups is 2. The van der Waals surface area contributed by atoms with Crippen molar-refractivity contribution in [2.45, 2.75) is 6.92 Å². The van der Waals surface area contributed by atoms with Crippen LogP contribution in [0.1, 0.15) is 17.3 Å². The topological polar surface area (TPSA) is 121 Å². The zero-order valence-corrected chi connectivity index (χ0v) is 15.6. The highest BCUT2D eigenvalue weighted by Gasteiger charge is 2.17. The number of hydrogen-bond donors (Lipinski definition) is 1. The predicted octanol–water partition coefficient (Wildman–Crippen LogP) is 1.89. The van der Waals surface area contributed by atoms with Crippen molar-refractivity contribution in [1.29, 1.82) is 0 Å². The second-order valence-electron chi connectivity index (χ2n) is 5.22. The summed E-state index contributed by atoms with van der Waals surface area (Å²) >= 11 is 0. The zero-order chi connectivity index (χ0) is 20.6. The third-order valence-corrected chi connectivity index (χ3v) is 4.33. The summed E-state index contributed by atoms with van der Waals surface area (Å²) in [5, 5.41) is 0. The van der Waals surface area contributed by atoms with Crippen molar-refractivity contribution < 1.29 is 36.6 Å². The highest BCUT2D eigenvalue weighted by atomic mass is 32.2. The van der Waals surface area contributed by atoms with Crippen molar-refractivity contribution in [3.63, 3.8) is 0 Å². The van der Waals surface area contributed by atoms with Crippen LogP contribution in [0.2, 0.25) is 0 Å². The van der Waals surface area contributed by atoms with Gasteiger partial charge in [-0.05, 0) is 37.3 Å². The number of halogens is 1. The van der Waals surface area contributed by atoms with Gasteiger partial charge in [0.1, 0.15) is 23.9 Å². The van der Waals surface area contributed by atoms with Crippen molar-refractivity contribution in [2.24, 2.45) is 0 Å². The molecule has 0 atom stereocenters. The molecule has 0 unspecified atom stereocenters. The van der Waals surface area contributed by atoms with Gasteiger partial charge in [0.2, 0.25) is 15.9 Å². The van der Waals surface area contributed by atoms with Crippen LogP contribution >= 0.6 is 0 Å². The van der Waals surface area contributed by atoms with Gasteiger partial charge in [-0.2, -0.15) is 0 Å². The molecule has 0 saturated heterocycles. The number of amides is 1. The van der Waals surface area contributed by atoms with E-state index in [4.69, 9.17) is 9.47 Å². The molecule has 2 rings (SSSR count). The van der Waals surface area contributed by atoms with Crippen LogP contribution < -0.4 is 14.2 Å². The second kappa shape index (κ2) is 9.65. The maximum Gasteiger partial charge on any atom is 0.515 e. The van der Waals surface area contributed by atoms with Crippen molar-refractivity contribution in [3.8, 4) is 11.6 Å². The van der Waals surface area contributed by atoms with Crippen molar-refractivity contribution in [3.05, 3.63) is 54.0 Å². The summed E-state index contributed by atoms with van der Waals surface area (Å²) in [4.78, 5) is 26.9. The molecular formula is C17H17FN2O7S. The molecule has 0 aliphatic heterocycles. The van der Waals surface area contributed by atoms with Crippen LogP contribution in [-0.2, 0) is 14.8 Å². The van der Waals surface area contributed by atoms with Crippen LogP contribution in [0.4, 0.5) is 9.18 Å². The van der Waals surface area contributed by atoms with Gasteiger partial charge in [0, 0.05) is 12.3 Å². The molecule has 0 aliphatic rings. The monoisotopic (exact) mass is 412 g/mol. The van der Waals surface area contributed by atoms with Crippen LogP contribution in [0.3, 0.4) is 0 Å². The maximum atomic E-state index is 12.8. The molecule has 1 aromatic carbocycles. The smallest absolute Gasteiger partial charge is 0.492 e. The minimum Gasteiger partial charge on any atom is -0.492 e. The standard InChI is InChI=1S/C17H17FN2O7S/c1-2-25-17(22)27-15-8-3-12(11-19-15)16(21)20-28(23,24)10-9-26-14-6-4-13(18)5-7-14/h3-8,11H,2,9-10H2,1H3,(H,20,21). The predicted molar refractivity (Wildman–Crippen MR) is 95.0 cm³/mol. The largest absolute Gasteiger partial charge is 0.515 e. The summed E-state index contributed by atoms with van der Waals surface area (Å²) in [5.74, 6) is -1.65. The summed E-state index contributed by atoms with van der Waals surface area (Å²) in [6.07, 6.45) is 0.102. The van der Waals surface area contributed by atoms with Crippen LogP contribution in [0.15, 0.2) is 42.6 Å². The lowest BCUT2D eigenvalue weighted by molar-refractivity contribution is 0.0981. The molecule has 150 valence electrons. The van der Waals surface area contributed by atoms with Crippen LogP contribution in [0, 0.1) is 5.82 Å². The van der Waals surface area contributed by atoms with Crippen molar-refractivity contribution in [1.82, 2.24) is 9.71 Å². The fourth-order valence-corrected chi connectivity index (χ4v) is 2.66. The third kappa shape index (κ3) is 6.83. The fraction of sp³-hybridized carbons (Fsp3) is 0.235. The van der Waals surface area contributed by atoms with Gasteiger partial charge in [-0.1, -0.05) is 0 Å². The van der Waals surface area contributed by atoms with Gasteiger partial charge in [-0.25, -0.2) is 27.3 Å². The molecule has 1 N–H and O–H groups in total. The molecule has 0 fully saturated rings. The molecular weight excluding hydrogens is 395 g/mol. The molecule has 1 amide bonds. The summed E-state index contributed by atoms with van der Waals surface area (Å²) in [6.45, 7) is 1.49. The Bertz CT molecular complexity index is 916. The minimum atomic E-state index is -3.98. The van der Waals surface area contributed by atoms with E-state index >= 15 is 0 Å². The molecule has 1 heterocycles. The van der Waals surface area contributed by atoms with Gasteiger partial charge in [-0.3, -0.25) is 4.79 Å². The summed E-state index contributed by atoms with van der Waals surface area (Å²) in [7, 11) is -3.98. The average molecular weight is 412 g/mol. The number of pyridine rings is 1. The number of nitrogens with zero attached hydrogens (tertiary/aromatic N) is 1. The second-order valence-corrected chi connectivity index (χ2v) is 7.06. The Morgan fingerprint density at radius 1 is 1.14 bits per heavy atom. The van der Waals surface area contributed by atoms with Crippen molar-refractivity contribution >= 4 is 22.1 Å². The molecule has 0 radical (unpaired) electrons. The SMILES string of the molecule is CCOC(=O)Oc1ccc(C(=O)NS(=O)(=O)CCOc2ccc(F)cc2)cn1. The first-order valence-electron chi connectivity index (χ1n) is 8.03. The lowest BCUT2D eigenvalue weighted by atomic mass is 10.3. The lowest BCUT2D eigenvalue weighted by Gasteiger charge is -2.09. The van der Waals surface area contributed by atoms with Gasteiger partial charge in [0.15, 0.2) is 0 Å². The van der Waals surface area contributed by atoms with E-state index in [0.717, 1.165) is 6.20 Å². The lowest BCUT2D eigenvalue weighted by Crippen LogP contribution is -2.34. The summed E-state index contributed by atoms with van der Waals surface area (Å²) < 4.78 is 53.1. The normalized spacial score (nSPS) is 10.8. The van der Waals surface area contributed by atoms with Crippen LogP contribution in [0.5, 0.6) is 11.6 Å². The Morgan fingerprint density at radius 2 is 1.86 bits per heavy atom. The number of benzene rings is 1. The molecule has 0 bridgehead atoms. The van der Waals surface area contributed by atoms with E-state index in [0.29, 0.717) is 5.75 Å². The molecule has 11 heteroatoms. The molecule has 0 spiro atoms. The fourth-order valence-electron chi connectivity index (χ4n) is 1.86. The Balaban J connectivity index is 1.86. The number of nitrogens with one attached hydrogen (secondary N) is 1. The Kier molecular flexibility index (Phi) is 7.27. The average Bonchev–Trinajstić information content (AvgIpc) is 2.63. The molecule has 9 nitrogen and oxygen atoms in total. The molecule has 1 aromatic heterocycles. The van der Waals surface area contributed by atoms with E-state index in [1.54, 1.807) is 6.92 Å². The Labute approximate surface area is 160 Å². The number of sulfonamides is 1. The first-order valence-corrected chi connectivity index (χ1v) is 9.68. The third-order valence-electron chi connectivity index (χ3n) is 3.13. The quantitative estimate of drug-likeness (QED) is 0.653. The van der Waals surface area contributed by atoms with E-state index in [9.17, 15) is 22.4 Å². The first kappa shape index (κ1) is 21.1. The zero-order valence-electron chi connectivity index (χ0n) is 14.8. The maximum absolute atomic E-state index is 12.8. The highest BCUT2D eigenvalue weighted by Crippen LogP contribution is 2.11. The van der Waals surface area contributed by atoms with Gasteiger partial charge in [0.05, 0.1) is 12.2 Å². The first-order chi connectivity index (χ1) is 13.3. The van der Waals surface area contributed by atoms with Gasteiger partial charge in [0.25, 0.3) is 5.91 Å². The molecule has 0 aliphatic carbocycles. The number of rotatable bonds is 8. The highest BCUT2D eigenvalue weighted by molar-refractivity contribution is 7.90. The van der Waals surface area contributed by atoms with Crippen LogP contribution in [-0.4, -0.2) is 44.4 Å². The van der Waals surface area contributed by atoms with E-state index in [-0.39, 0.29) is 24.7 Å². The number of aromatic nitrogens is 1. The summed E-state index contributed by atoms with van der Waals surface area (Å²) in [6, 6.07) is 7.51. The number of carbonyl (C=O) groups excluding carboxylic acids is 2. The molecule has 28 heavy (non-hydrogen) atoms. The van der Waals surface area contributed by atoms with E-state index in [1.165, 1.54) is 36.4 Å². The molecule has 2 aromatic rings. The van der Waals surface area contributed by atoms with E-state index in [1.807, 2.05) is 4.72 Å². The van der Waals surface area contributed by atoms with Crippen LogP contribution in [0.25, 0.3) is 0 Å².